The lowest BCUT2D eigenvalue weighted by Gasteiger charge is -2.59. The van der Waals surface area contributed by atoms with Crippen LogP contribution in [0.15, 0.2) is 12.2 Å². The lowest BCUT2D eigenvalue weighted by atomic mass is 9.40. The second-order valence-corrected chi connectivity index (χ2v) is 12.2. The van der Waals surface area contributed by atoms with E-state index in [2.05, 4.69) is 0 Å². The Morgan fingerprint density at radius 2 is 1.79 bits per heavy atom. The second kappa shape index (κ2) is 7.76. The van der Waals surface area contributed by atoms with Crippen molar-refractivity contribution in [3.05, 3.63) is 12.2 Å². The molecule has 0 spiro atoms. The summed E-state index contributed by atoms with van der Waals surface area (Å²) < 4.78 is 10.7. The molecule has 3 aliphatic rings. The molecule has 1 N–H and O–H groups in total. The molecule has 0 aromatic heterocycles. The van der Waals surface area contributed by atoms with Crippen molar-refractivity contribution < 1.29 is 33.8 Å². The van der Waals surface area contributed by atoms with Gasteiger partial charge in [0.05, 0.1) is 11.0 Å². The zero-order valence-corrected chi connectivity index (χ0v) is 21.1. The number of ketones is 3. The molecule has 2 aliphatic carbocycles. The van der Waals surface area contributed by atoms with E-state index in [0.717, 1.165) is 0 Å². The zero-order valence-electron chi connectivity index (χ0n) is 21.1. The highest BCUT2D eigenvalue weighted by Gasteiger charge is 2.72. The molecule has 184 valence electrons. The van der Waals surface area contributed by atoms with Crippen LogP contribution >= 0.6 is 0 Å². The van der Waals surface area contributed by atoms with Crippen molar-refractivity contribution in [3.8, 4) is 0 Å². The summed E-state index contributed by atoms with van der Waals surface area (Å²) in [6.45, 7) is 14.0. The Balaban J connectivity index is 2.17. The molecule has 0 radical (unpaired) electrons. The summed E-state index contributed by atoms with van der Waals surface area (Å²) >= 11 is 0. The van der Waals surface area contributed by atoms with Crippen LogP contribution in [-0.4, -0.2) is 45.9 Å². The van der Waals surface area contributed by atoms with Gasteiger partial charge in [-0.1, -0.05) is 33.8 Å². The van der Waals surface area contributed by atoms with Gasteiger partial charge in [-0.2, -0.15) is 0 Å². The van der Waals surface area contributed by atoms with E-state index in [0.29, 0.717) is 19.3 Å². The minimum absolute atomic E-state index is 0.135. The monoisotopic (exact) mass is 462 g/mol. The lowest BCUT2D eigenvalue weighted by Crippen LogP contribution is -2.69. The first kappa shape index (κ1) is 25.6. The topological polar surface area (TPSA) is 107 Å². The summed E-state index contributed by atoms with van der Waals surface area (Å²) in [7, 11) is 0. The molecule has 7 nitrogen and oxygen atoms in total. The number of carbonyl (C=O) groups is 4. The van der Waals surface area contributed by atoms with Crippen LogP contribution in [-0.2, 0) is 23.9 Å². The molecule has 0 aromatic rings. The fourth-order valence-electron chi connectivity index (χ4n) is 6.09. The first-order valence-electron chi connectivity index (χ1n) is 11.9. The summed E-state index contributed by atoms with van der Waals surface area (Å²) in [5, 5.41) is 10.4. The average molecular weight is 463 g/mol. The van der Waals surface area contributed by atoms with Gasteiger partial charge in [0, 0.05) is 12.3 Å². The minimum Gasteiger partial charge on any atom is -0.427 e. The number of hydrogen-bond acceptors (Lipinski definition) is 7. The molecule has 1 aliphatic heterocycles. The number of rotatable bonds is 7. The third-order valence-electron chi connectivity index (χ3n) is 8.22. The molecule has 4 atom stereocenters. The second-order valence-electron chi connectivity index (χ2n) is 12.2. The molecule has 33 heavy (non-hydrogen) atoms. The Morgan fingerprint density at radius 3 is 2.27 bits per heavy atom. The largest absolute Gasteiger partial charge is 0.509 e. The lowest BCUT2D eigenvalue weighted by molar-refractivity contribution is -0.176. The maximum absolute atomic E-state index is 14.3. The van der Waals surface area contributed by atoms with Crippen LogP contribution in [0.2, 0.25) is 0 Å². The van der Waals surface area contributed by atoms with Gasteiger partial charge in [-0.3, -0.25) is 14.4 Å². The number of fused-ring (bicyclic) bond motifs is 2. The van der Waals surface area contributed by atoms with E-state index in [1.165, 1.54) is 6.08 Å². The van der Waals surface area contributed by atoms with Crippen LogP contribution in [0.1, 0.15) is 81.1 Å². The zero-order chi connectivity index (χ0) is 25.2. The van der Waals surface area contributed by atoms with Gasteiger partial charge in [0.15, 0.2) is 22.8 Å². The van der Waals surface area contributed by atoms with Gasteiger partial charge < -0.3 is 14.6 Å². The fraction of sp³-hybridized carbons (Fsp3) is 0.769. The van der Waals surface area contributed by atoms with Crippen molar-refractivity contribution in [2.24, 2.45) is 28.1 Å². The molecule has 0 amide bonds. The Kier molecular flexibility index (Phi) is 6.02. The number of ether oxygens (including phenoxy) is 2. The number of hydrogen-bond donors (Lipinski definition) is 1. The first-order chi connectivity index (χ1) is 14.9. The Labute approximate surface area is 196 Å². The highest BCUT2D eigenvalue weighted by Crippen LogP contribution is 2.63. The van der Waals surface area contributed by atoms with Crippen LogP contribution in [0.4, 0.5) is 4.79 Å². The summed E-state index contributed by atoms with van der Waals surface area (Å²) in [5.74, 6) is -1.95. The van der Waals surface area contributed by atoms with Crippen molar-refractivity contribution in [2.45, 2.75) is 98.4 Å². The number of Topliss-reactive ketones (excluding diaryl/α,β-unsaturated/α-hetero) is 2. The van der Waals surface area contributed by atoms with Crippen LogP contribution in [0.25, 0.3) is 0 Å². The number of allylic oxidation sites excluding steroid dienone is 2. The molecule has 0 aromatic carbocycles. The summed E-state index contributed by atoms with van der Waals surface area (Å²) in [6, 6.07) is 0. The molecule has 2 fully saturated rings. The number of aliphatic hydroxyl groups is 1. The Bertz CT molecular complexity index is 904. The molecular weight excluding hydrogens is 424 g/mol. The van der Waals surface area contributed by atoms with Crippen molar-refractivity contribution in [2.75, 3.05) is 0 Å². The third-order valence-corrected chi connectivity index (χ3v) is 8.22. The average Bonchev–Trinajstić information content (AvgIpc) is 2.91. The molecule has 0 unspecified atom stereocenters. The van der Waals surface area contributed by atoms with E-state index in [1.54, 1.807) is 47.6 Å². The molecule has 2 bridgehead atoms. The highest BCUT2D eigenvalue weighted by molar-refractivity contribution is 6.31. The van der Waals surface area contributed by atoms with E-state index in [1.807, 2.05) is 13.8 Å². The van der Waals surface area contributed by atoms with E-state index in [9.17, 15) is 24.3 Å². The highest BCUT2D eigenvalue weighted by atomic mass is 16.8. The minimum atomic E-state index is -1.81. The van der Waals surface area contributed by atoms with Gasteiger partial charge in [0.2, 0.25) is 0 Å². The van der Waals surface area contributed by atoms with Crippen molar-refractivity contribution in [1.29, 1.82) is 0 Å². The summed E-state index contributed by atoms with van der Waals surface area (Å²) in [6.07, 6.45) is 3.07. The standard InChI is InChI=1S/C26H38O7/c1-15(2)19(28)26-17(27)10-12-25(20(26)29,14-18-24(7,8)33-21(30)32-18)13-16(23(26,5)6)9-11-22(3,4)31/h10,12,15-16,18,31H,9,11,13-14H2,1-8H3/t16-,18-,25-,26+/m0/s1. The van der Waals surface area contributed by atoms with E-state index in [-0.39, 0.29) is 18.1 Å². The van der Waals surface area contributed by atoms with Gasteiger partial charge in [-0.25, -0.2) is 4.79 Å². The first-order valence-corrected chi connectivity index (χ1v) is 11.9. The van der Waals surface area contributed by atoms with Gasteiger partial charge in [0.1, 0.15) is 11.7 Å². The SMILES string of the molecule is CC(C)C(=O)[C@@]12C(=O)C=C[C@@](C[C@@H]3OC(=O)OC3(C)C)(C[C@H](CCC(C)(C)O)C1(C)C)C2=O. The normalized spacial score (nSPS) is 34.9. The van der Waals surface area contributed by atoms with Gasteiger partial charge in [-0.15, -0.1) is 0 Å². The summed E-state index contributed by atoms with van der Waals surface area (Å²) in [4.78, 5) is 53.5. The molecule has 1 saturated heterocycles. The van der Waals surface area contributed by atoms with E-state index < -0.39 is 57.2 Å². The van der Waals surface area contributed by atoms with Gasteiger partial charge in [-0.05, 0) is 64.4 Å². The third kappa shape index (κ3) is 3.86. The number of carbonyl (C=O) groups excluding carboxylic acids is 4. The van der Waals surface area contributed by atoms with Crippen LogP contribution in [0.5, 0.6) is 0 Å². The Morgan fingerprint density at radius 1 is 1.18 bits per heavy atom. The Hall–Kier alpha value is -2.02. The van der Waals surface area contributed by atoms with Crippen molar-refractivity contribution in [3.63, 3.8) is 0 Å². The summed E-state index contributed by atoms with van der Waals surface area (Å²) in [5.41, 5.74) is -5.77. The van der Waals surface area contributed by atoms with Crippen LogP contribution in [0, 0.1) is 28.1 Å². The maximum Gasteiger partial charge on any atom is 0.509 e. The molecule has 1 heterocycles. The maximum atomic E-state index is 14.3. The van der Waals surface area contributed by atoms with Crippen LogP contribution < -0.4 is 0 Å². The van der Waals surface area contributed by atoms with Crippen molar-refractivity contribution in [1.82, 2.24) is 0 Å². The molecule has 7 heteroatoms. The van der Waals surface area contributed by atoms with Crippen LogP contribution in [0.3, 0.4) is 0 Å². The van der Waals surface area contributed by atoms with Gasteiger partial charge in [0.25, 0.3) is 0 Å². The van der Waals surface area contributed by atoms with E-state index in [4.69, 9.17) is 9.47 Å². The predicted octanol–water partition coefficient (Wildman–Crippen LogP) is 4.19. The molecule has 3 rings (SSSR count). The quantitative estimate of drug-likeness (QED) is 0.446. The van der Waals surface area contributed by atoms with E-state index >= 15 is 0 Å². The molecule has 1 saturated carbocycles. The number of cyclic esters (lactones) is 2. The van der Waals surface area contributed by atoms with Crippen molar-refractivity contribution >= 4 is 23.5 Å². The predicted molar refractivity (Wildman–Crippen MR) is 121 cm³/mol. The molecular formula is C26H38O7. The smallest absolute Gasteiger partial charge is 0.427 e. The van der Waals surface area contributed by atoms with Gasteiger partial charge >= 0.3 is 6.16 Å². The fourth-order valence-corrected chi connectivity index (χ4v) is 6.09.